The molecule has 1 aliphatic heterocycles. The molecular formula is C31H27N5O2. The molecule has 1 amide bonds. The van der Waals surface area contributed by atoms with Crippen LogP contribution in [0.2, 0.25) is 0 Å². The van der Waals surface area contributed by atoms with Gasteiger partial charge in [-0.3, -0.25) is 9.78 Å². The molecule has 7 nitrogen and oxygen atoms in total. The highest BCUT2D eigenvalue weighted by Crippen LogP contribution is 2.33. The number of hydrogen-bond acceptors (Lipinski definition) is 5. The van der Waals surface area contributed by atoms with Gasteiger partial charge in [-0.05, 0) is 67.4 Å². The van der Waals surface area contributed by atoms with Crippen molar-refractivity contribution in [1.82, 2.24) is 19.9 Å². The fraction of sp³-hybridized carbons (Fsp3) is 0.226. The molecular weight excluding hydrogens is 474 g/mol. The summed E-state index contributed by atoms with van der Waals surface area (Å²) in [5.74, 6) is -0.213. The molecule has 7 heteroatoms. The number of carbonyl (C=O) groups excluding carboxylic acids is 1. The van der Waals surface area contributed by atoms with Crippen molar-refractivity contribution in [2.24, 2.45) is 0 Å². The molecule has 2 aromatic carbocycles. The Bertz CT molecular complexity index is 1750. The molecule has 4 heterocycles. The Morgan fingerprint density at radius 3 is 2.92 bits per heavy atom. The molecule has 38 heavy (non-hydrogen) atoms. The molecule has 0 radical (unpaired) electrons. The summed E-state index contributed by atoms with van der Waals surface area (Å²) in [6, 6.07) is 22.2. The van der Waals surface area contributed by atoms with Crippen LogP contribution in [0, 0.1) is 11.3 Å². The number of ether oxygens (including phenoxy) is 1. The average Bonchev–Trinajstić information content (AvgIpc) is 3.39. The predicted octanol–water partition coefficient (Wildman–Crippen LogP) is 5.51. The Kier molecular flexibility index (Phi) is 5.90. The van der Waals surface area contributed by atoms with Gasteiger partial charge in [0.1, 0.15) is 5.41 Å². The minimum Gasteiger partial charge on any atom is -0.375 e. The number of hydrogen-bond donors (Lipinski definition) is 1. The Morgan fingerprint density at radius 2 is 2.08 bits per heavy atom. The zero-order chi connectivity index (χ0) is 26.3. The fourth-order valence-electron chi connectivity index (χ4n) is 5.19. The zero-order valence-electron chi connectivity index (χ0n) is 21.4. The molecule has 1 atom stereocenters. The summed E-state index contributed by atoms with van der Waals surface area (Å²) in [5.41, 5.74) is 6.26. The van der Waals surface area contributed by atoms with Crippen molar-refractivity contribution < 1.29 is 9.53 Å². The third kappa shape index (κ3) is 4.09. The Balaban J connectivity index is 1.25. The summed E-state index contributed by atoms with van der Waals surface area (Å²) in [5, 5.41) is 14.8. The monoisotopic (exact) mass is 501 g/mol. The summed E-state index contributed by atoms with van der Waals surface area (Å²) in [7, 11) is 0. The van der Waals surface area contributed by atoms with Crippen molar-refractivity contribution in [3.05, 3.63) is 95.4 Å². The van der Waals surface area contributed by atoms with Gasteiger partial charge in [0.15, 0.2) is 0 Å². The molecule has 188 valence electrons. The van der Waals surface area contributed by atoms with Crippen LogP contribution in [0.5, 0.6) is 0 Å². The minimum absolute atomic E-state index is 0.213. The molecule has 0 bridgehead atoms. The minimum atomic E-state index is -0.767. The van der Waals surface area contributed by atoms with E-state index in [0.717, 1.165) is 45.5 Å². The van der Waals surface area contributed by atoms with E-state index in [9.17, 15) is 10.1 Å². The Morgan fingerprint density at radius 1 is 1.18 bits per heavy atom. The Labute approximate surface area is 220 Å². The number of aromatic nitrogens is 3. The van der Waals surface area contributed by atoms with Gasteiger partial charge in [-0.2, -0.15) is 5.26 Å². The smallest absolute Gasteiger partial charge is 0.251 e. The number of fused-ring (bicyclic) bond motifs is 3. The number of nitrogens with zero attached hydrogens (tertiary/aromatic N) is 4. The number of carbonyl (C=O) groups is 1. The van der Waals surface area contributed by atoms with Crippen LogP contribution in [-0.2, 0) is 29.8 Å². The van der Waals surface area contributed by atoms with Crippen LogP contribution in [0.3, 0.4) is 0 Å². The van der Waals surface area contributed by atoms with Crippen LogP contribution in [0.25, 0.3) is 33.1 Å². The normalized spacial score (nSPS) is 16.8. The summed E-state index contributed by atoms with van der Waals surface area (Å²) in [4.78, 5) is 22.5. The van der Waals surface area contributed by atoms with Gasteiger partial charge in [0.05, 0.1) is 42.7 Å². The lowest BCUT2D eigenvalue weighted by Crippen LogP contribution is -2.33. The third-order valence-electron chi connectivity index (χ3n) is 7.35. The number of pyridine rings is 2. The summed E-state index contributed by atoms with van der Waals surface area (Å²) >= 11 is 0. The SMILES string of the molecule is CCn1ccc2c(-c3ccc4cnc(CNC(=O)c5ccc6c(c5)[C@](C)(C#N)COC6)cc4n3)cccc21. The molecule has 6 rings (SSSR count). The van der Waals surface area contributed by atoms with E-state index in [-0.39, 0.29) is 12.5 Å². The molecule has 1 aliphatic rings. The average molecular weight is 502 g/mol. The molecule has 5 aromatic rings. The molecule has 0 unspecified atom stereocenters. The van der Waals surface area contributed by atoms with Crippen LogP contribution in [-0.4, -0.2) is 27.0 Å². The van der Waals surface area contributed by atoms with E-state index in [4.69, 9.17) is 9.72 Å². The number of amides is 1. The summed E-state index contributed by atoms with van der Waals surface area (Å²) < 4.78 is 7.79. The van der Waals surface area contributed by atoms with E-state index < -0.39 is 5.41 Å². The summed E-state index contributed by atoms with van der Waals surface area (Å²) in [6.07, 6.45) is 3.90. The van der Waals surface area contributed by atoms with Crippen LogP contribution in [0.4, 0.5) is 0 Å². The zero-order valence-corrected chi connectivity index (χ0v) is 21.4. The molecule has 0 fully saturated rings. The number of aryl methyl sites for hydroxylation is 1. The van der Waals surface area contributed by atoms with E-state index in [1.807, 2.05) is 37.3 Å². The van der Waals surface area contributed by atoms with Gasteiger partial charge >= 0.3 is 0 Å². The van der Waals surface area contributed by atoms with Crippen molar-refractivity contribution >= 4 is 27.7 Å². The van der Waals surface area contributed by atoms with Crippen LogP contribution in [0.15, 0.2) is 73.1 Å². The second-order valence-electron chi connectivity index (χ2n) is 9.90. The number of nitriles is 1. The second-order valence-corrected chi connectivity index (χ2v) is 9.90. The van der Waals surface area contributed by atoms with E-state index in [0.29, 0.717) is 18.8 Å². The van der Waals surface area contributed by atoms with Crippen LogP contribution in [0.1, 0.15) is 41.0 Å². The first-order valence-electron chi connectivity index (χ1n) is 12.7. The quantitative estimate of drug-likeness (QED) is 0.343. The maximum Gasteiger partial charge on any atom is 0.251 e. The van der Waals surface area contributed by atoms with Crippen molar-refractivity contribution in [2.45, 2.75) is 39.0 Å². The molecule has 0 aliphatic carbocycles. The number of benzene rings is 2. The summed E-state index contributed by atoms with van der Waals surface area (Å²) in [6.45, 7) is 5.92. The van der Waals surface area contributed by atoms with E-state index in [1.165, 1.54) is 10.9 Å². The van der Waals surface area contributed by atoms with Gasteiger partial charge < -0.3 is 14.6 Å². The maximum atomic E-state index is 13.0. The van der Waals surface area contributed by atoms with E-state index in [1.54, 1.807) is 12.3 Å². The highest BCUT2D eigenvalue weighted by atomic mass is 16.5. The van der Waals surface area contributed by atoms with Crippen molar-refractivity contribution in [3.63, 3.8) is 0 Å². The lowest BCUT2D eigenvalue weighted by Gasteiger charge is -2.30. The third-order valence-corrected chi connectivity index (χ3v) is 7.35. The van der Waals surface area contributed by atoms with Crippen LogP contribution >= 0.6 is 0 Å². The Hall–Kier alpha value is -4.54. The topological polar surface area (TPSA) is 92.8 Å². The molecule has 0 saturated heterocycles. The molecule has 0 saturated carbocycles. The first-order valence-corrected chi connectivity index (χ1v) is 12.7. The number of nitrogens with one attached hydrogen (secondary N) is 1. The molecule has 0 spiro atoms. The lowest BCUT2D eigenvalue weighted by atomic mass is 9.79. The van der Waals surface area contributed by atoms with Gasteiger partial charge in [-0.15, -0.1) is 0 Å². The number of rotatable bonds is 5. The highest BCUT2D eigenvalue weighted by molar-refractivity contribution is 5.96. The lowest BCUT2D eigenvalue weighted by molar-refractivity contribution is 0.0757. The largest absolute Gasteiger partial charge is 0.375 e. The van der Waals surface area contributed by atoms with Gasteiger partial charge in [0.25, 0.3) is 5.91 Å². The maximum absolute atomic E-state index is 13.0. The van der Waals surface area contributed by atoms with E-state index >= 15 is 0 Å². The molecule has 3 aromatic heterocycles. The van der Waals surface area contributed by atoms with Crippen molar-refractivity contribution in [1.29, 1.82) is 5.26 Å². The van der Waals surface area contributed by atoms with E-state index in [2.05, 4.69) is 58.3 Å². The van der Waals surface area contributed by atoms with Crippen LogP contribution < -0.4 is 5.32 Å². The molecule has 1 N–H and O–H groups in total. The van der Waals surface area contributed by atoms with Gasteiger partial charge in [0.2, 0.25) is 0 Å². The van der Waals surface area contributed by atoms with Crippen molar-refractivity contribution in [2.75, 3.05) is 6.61 Å². The van der Waals surface area contributed by atoms with Gasteiger partial charge in [-0.1, -0.05) is 18.2 Å². The second kappa shape index (κ2) is 9.40. The first kappa shape index (κ1) is 23.8. The predicted molar refractivity (Wildman–Crippen MR) is 146 cm³/mol. The standard InChI is InChI=1S/C31H27N5O2/c1-3-36-12-11-25-24(5-4-6-29(25)36)27-10-9-21-15-33-23(14-28(21)35-27)16-34-30(37)20-7-8-22-17-38-19-31(2,18-32)26(22)13-20/h4-15H,3,16-17,19H2,1-2H3,(H,34,37)/t31-/m1/s1. The fourth-order valence-corrected chi connectivity index (χ4v) is 5.19. The van der Waals surface area contributed by atoms with Crippen molar-refractivity contribution in [3.8, 4) is 17.3 Å². The van der Waals surface area contributed by atoms with Gasteiger partial charge in [-0.25, -0.2) is 4.98 Å². The first-order chi connectivity index (χ1) is 18.5. The van der Waals surface area contributed by atoms with Gasteiger partial charge in [0, 0.05) is 46.4 Å². The highest BCUT2D eigenvalue weighted by Gasteiger charge is 2.33.